The van der Waals surface area contributed by atoms with E-state index in [1.54, 1.807) is 12.3 Å². The van der Waals surface area contributed by atoms with Gasteiger partial charge in [-0.15, -0.1) is 0 Å². The Balaban J connectivity index is 2.59. The number of hydrogen-bond acceptors (Lipinski definition) is 4. The molecule has 0 atom stereocenters. The first-order chi connectivity index (χ1) is 9.00. The molecule has 3 N–H and O–H groups in total. The third-order valence-corrected chi connectivity index (χ3v) is 3.30. The summed E-state index contributed by atoms with van der Waals surface area (Å²) >= 11 is 0. The van der Waals surface area contributed by atoms with Gasteiger partial charge < -0.3 is 11.1 Å². The van der Waals surface area contributed by atoms with E-state index in [1.165, 1.54) is 25.7 Å². The standard InChI is InChI=1S/C15H24N4/c1-4-5-6-8-15(2,3)11-19-14-13(17)12(10-16)7-9-18-14/h7,9H,4-6,8,11,17H2,1-3H3,(H,18,19). The molecule has 0 unspecified atom stereocenters. The minimum Gasteiger partial charge on any atom is -0.395 e. The van der Waals surface area contributed by atoms with Crippen molar-refractivity contribution in [2.75, 3.05) is 17.6 Å². The molecule has 0 aliphatic carbocycles. The van der Waals surface area contributed by atoms with Gasteiger partial charge in [0.2, 0.25) is 0 Å². The highest BCUT2D eigenvalue weighted by molar-refractivity contribution is 5.68. The Hall–Kier alpha value is -1.76. The Morgan fingerprint density at radius 2 is 2.16 bits per heavy atom. The highest BCUT2D eigenvalue weighted by atomic mass is 15.0. The van der Waals surface area contributed by atoms with E-state index in [2.05, 4.69) is 37.1 Å². The lowest BCUT2D eigenvalue weighted by Crippen LogP contribution is -2.24. The van der Waals surface area contributed by atoms with E-state index >= 15 is 0 Å². The molecule has 0 saturated heterocycles. The monoisotopic (exact) mass is 260 g/mol. The number of nitrogens with two attached hydrogens (primary N) is 1. The summed E-state index contributed by atoms with van der Waals surface area (Å²) in [6.07, 6.45) is 6.54. The van der Waals surface area contributed by atoms with E-state index in [4.69, 9.17) is 11.0 Å². The zero-order valence-electron chi connectivity index (χ0n) is 12.2. The summed E-state index contributed by atoms with van der Waals surface area (Å²) in [5.41, 5.74) is 7.01. The number of nitrogen functional groups attached to an aromatic ring is 1. The number of nitriles is 1. The second-order valence-electron chi connectivity index (χ2n) is 5.71. The van der Waals surface area contributed by atoms with Gasteiger partial charge in [0.05, 0.1) is 11.3 Å². The van der Waals surface area contributed by atoms with Gasteiger partial charge in [0.1, 0.15) is 6.07 Å². The highest BCUT2D eigenvalue weighted by Gasteiger charge is 2.18. The molecule has 19 heavy (non-hydrogen) atoms. The van der Waals surface area contributed by atoms with E-state index < -0.39 is 0 Å². The number of nitrogens with one attached hydrogen (secondary N) is 1. The van der Waals surface area contributed by atoms with Crippen LogP contribution in [-0.2, 0) is 0 Å². The van der Waals surface area contributed by atoms with Crippen molar-refractivity contribution in [1.82, 2.24) is 4.98 Å². The van der Waals surface area contributed by atoms with Gasteiger partial charge in [0.15, 0.2) is 5.82 Å². The molecule has 1 heterocycles. The van der Waals surface area contributed by atoms with Crippen LogP contribution >= 0.6 is 0 Å². The van der Waals surface area contributed by atoms with Gasteiger partial charge in [-0.1, -0.05) is 40.0 Å². The summed E-state index contributed by atoms with van der Waals surface area (Å²) in [4.78, 5) is 4.20. The van der Waals surface area contributed by atoms with Gasteiger partial charge in [0, 0.05) is 12.7 Å². The van der Waals surface area contributed by atoms with Crippen molar-refractivity contribution in [3.8, 4) is 6.07 Å². The average Bonchev–Trinajstić information content (AvgIpc) is 2.38. The Bertz CT molecular complexity index is 446. The molecule has 0 amide bonds. The van der Waals surface area contributed by atoms with Gasteiger partial charge in [-0.25, -0.2) is 4.98 Å². The number of unbranched alkanes of at least 4 members (excludes halogenated alkanes) is 2. The smallest absolute Gasteiger partial charge is 0.150 e. The van der Waals surface area contributed by atoms with Crippen molar-refractivity contribution in [3.63, 3.8) is 0 Å². The van der Waals surface area contributed by atoms with Gasteiger partial charge in [0.25, 0.3) is 0 Å². The number of anilines is 2. The van der Waals surface area contributed by atoms with Crippen LogP contribution in [0.1, 0.15) is 52.0 Å². The fraction of sp³-hybridized carbons (Fsp3) is 0.600. The van der Waals surface area contributed by atoms with Crippen LogP contribution in [0.4, 0.5) is 11.5 Å². The maximum Gasteiger partial charge on any atom is 0.150 e. The SMILES string of the molecule is CCCCCC(C)(C)CNc1nccc(C#N)c1N. The fourth-order valence-electron chi connectivity index (χ4n) is 1.98. The largest absolute Gasteiger partial charge is 0.395 e. The summed E-state index contributed by atoms with van der Waals surface area (Å²) in [6, 6.07) is 3.70. The lowest BCUT2D eigenvalue weighted by atomic mass is 9.87. The highest BCUT2D eigenvalue weighted by Crippen LogP contribution is 2.26. The van der Waals surface area contributed by atoms with Crippen LogP contribution in [0.5, 0.6) is 0 Å². The number of hydrogen-bond donors (Lipinski definition) is 2. The van der Waals surface area contributed by atoms with Gasteiger partial charge in [-0.05, 0) is 17.9 Å². The summed E-state index contributed by atoms with van der Waals surface area (Å²) in [5, 5.41) is 12.2. The average molecular weight is 260 g/mol. The molecule has 0 radical (unpaired) electrons. The summed E-state index contributed by atoms with van der Waals surface area (Å²) < 4.78 is 0. The van der Waals surface area contributed by atoms with Crippen molar-refractivity contribution in [3.05, 3.63) is 17.8 Å². The van der Waals surface area contributed by atoms with Crippen molar-refractivity contribution in [2.45, 2.75) is 46.5 Å². The third kappa shape index (κ3) is 4.78. The Morgan fingerprint density at radius 1 is 1.42 bits per heavy atom. The van der Waals surface area contributed by atoms with Crippen LogP contribution in [-0.4, -0.2) is 11.5 Å². The summed E-state index contributed by atoms with van der Waals surface area (Å²) in [7, 11) is 0. The second kappa shape index (κ2) is 6.98. The Morgan fingerprint density at radius 3 is 2.79 bits per heavy atom. The first-order valence-electron chi connectivity index (χ1n) is 6.88. The van der Waals surface area contributed by atoms with Gasteiger partial charge in [-0.2, -0.15) is 5.26 Å². The Kier molecular flexibility index (Phi) is 5.62. The maximum atomic E-state index is 8.93. The second-order valence-corrected chi connectivity index (χ2v) is 5.71. The van der Waals surface area contributed by atoms with E-state index in [-0.39, 0.29) is 5.41 Å². The van der Waals surface area contributed by atoms with Gasteiger partial charge >= 0.3 is 0 Å². The molecule has 0 saturated carbocycles. The molecule has 0 fully saturated rings. The predicted octanol–water partition coefficient (Wildman–Crippen LogP) is 3.55. The van der Waals surface area contributed by atoms with Crippen LogP contribution in [0.2, 0.25) is 0 Å². The molecule has 0 aliphatic rings. The topological polar surface area (TPSA) is 74.7 Å². The summed E-state index contributed by atoms with van der Waals surface area (Å²) in [5.74, 6) is 0.614. The number of nitrogens with zero attached hydrogens (tertiary/aromatic N) is 2. The molecule has 104 valence electrons. The van der Waals surface area contributed by atoms with E-state index in [1.807, 2.05) is 0 Å². The predicted molar refractivity (Wildman–Crippen MR) is 79.8 cm³/mol. The number of pyridine rings is 1. The molecule has 0 aliphatic heterocycles. The molecular weight excluding hydrogens is 236 g/mol. The number of rotatable bonds is 7. The third-order valence-electron chi connectivity index (χ3n) is 3.30. The van der Waals surface area contributed by atoms with Crippen molar-refractivity contribution in [1.29, 1.82) is 5.26 Å². The molecule has 1 rings (SSSR count). The summed E-state index contributed by atoms with van der Waals surface area (Å²) in [6.45, 7) is 7.49. The number of aromatic nitrogens is 1. The minimum absolute atomic E-state index is 0.200. The fourth-order valence-corrected chi connectivity index (χ4v) is 1.98. The normalized spacial score (nSPS) is 11.1. The van der Waals surface area contributed by atoms with Crippen LogP contribution < -0.4 is 11.1 Å². The van der Waals surface area contributed by atoms with Crippen molar-refractivity contribution < 1.29 is 0 Å². The lowest BCUT2D eigenvalue weighted by molar-refractivity contribution is 0.342. The van der Waals surface area contributed by atoms with Crippen LogP contribution in [0.3, 0.4) is 0 Å². The molecule has 0 bridgehead atoms. The maximum absolute atomic E-state index is 8.93. The first-order valence-corrected chi connectivity index (χ1v) is 6.88. The van der Waals surface area contributed by atoms with E-state index in [9.17, 15) is 0 Å². The van der Waals surface area contributed by atoms with E-state index in [0.29, 0.717) is 17.1 Å². The molecule has 4 nitrogen and oxygen atoms in total. The van der Waals surface area contributed by atoms with Crippen LogP contribution in [0, 0.1) is 16.7 Å². The minimum atomic E-state index is 0.200. The molecule has 4 heteroatoms. The molecule has 1 aromatic rings. The first kappa shape index (κ1) is 15.3. The van der Waals surface area contributed by atoms with Crippen molar-refractivity contribution >= 4 is 11.5 Å². The lowest BCUT2D eigenvalue weighted by Gasteiger charge is -2.25. The Labute approximate surface area is 116 Å². The van der Waals surface area contributed by atoms with Crippen LogP contribution in [0.25, 0.3) is 0 Å². The molecule has 1 aromatic heterocycles. The van der Waals surface area contributed by atoms with E-state index in [0.717, 1.165) is 6.54 Å². The molecule has 0 aromatic carbocycles. The molecule has 0 spiro atoms. The van der Waals surface area contributed by atoms with Crippen molar-refractivity contribution in [2.24, 2.45) is 5.41 Å². The zero-order valence-corrected chi connectivity index (χ0v) is 12.2. The quantitative estimate of drug-likeness (QED) is 0.735. The van der Waals surface area contributed by atoms with Gasteiger partial charge in [-0.3, -0.25) is 0 Å². The van der Waals surface area contributed by atoms with Crippen LogP contribution in [0.15, 0.2) is 12.3 Å². The molecular formula is C15H24N4. The zero-order chi connectivity index (χ0) is 14.3.